The zero-order valence-electron chi connectivity index (χ0n) is 9.58. The van der Waals surface area contributed by atoms with Crippen molar-refractivity contribution >= 4 is 11.7 Å². The molecule has 0 aliphatic carbocycles. The third kappa shape index (κ3) is 2.68. The molecule has 92 valence electrons. The number of hydrogen-bond donors (Lipinski definition) is 1. The van der Waals surface area contributed by atoms with Gasteiger partial charge >= 0.3 is 0 Å². The first-order valence-electron chi connectivity index (χ1n) is 5.26. The number of anilines is 1. The number of amides is 1. The van der Waals surface area contributed by atoms with Crippen LogP contribution >= 0.6 is 0 Å². The number of carbonyl (C=O) groups is 1. The Balaban J connectivity index is 2.19. The molecule has 1 aromatic heterocycles. The molecule has 0 unspecified atom stereocenters. The summed E-state index contributed by atoms with van der Waals surface area (Å²) in [6.45, 7) is 1.60. The van der Waals surface area contributed by atoms with E-state index in [0.717, 1.165) is 6.07 Å². The fourth-order valence-corrected chi connectivity index (χ4v) is 1.40. The Morgan fingerprint density at radius 3 is 2.67 bits per heavy atom. The van der Waals surface area contributed by atoms with Crippen LogP contribution in [0.4, 0.5) is 14.6 Å². The molecular formula is C13H10F2N2O. The molecule has 2 rings (SSSR count). The summed E-state index contributed by atoms with van der Waals surface area (Å²) in [6.07, 6.45) is 0. The van der Waals surface area contributed by atoms with E-state index in [4.69, 9.17) is 0 Å². The number of halogens is 2. The number of aromatic nitrogens is 1. The Morgan fingerprint density at radius 2 is 2.00 bits per heavy atom. The lowest BCUT2D eigenvalue weighted by atomic mass is 10.1. The highest BCUT2D eigenvalue weighted by atomic mass is 19.1. The zero-order chi connectivity index (χ0) is 13.1. The first-order chi connectivity index (χ1) is 8.56. The van der Waals surface area contributed by atoms with Crippen LogP contribution in [0.1, 0.15) is 15.9 Å². The number of benzene rings is 1. The molecule has 0 saturated carbocycles. The van der Waals surface area contributed by atoms with Crippen molar-refractivity contribution in [2.24, 2.45) is 0 Å². The predicted molar refractivity (Wildman–Crippen MR) is 63.3 cm³/mol. The SMILES string of the molecule is Cc1ccc(C(=O)Nc2cccc(F)n2)cc1F. The van der Waals surface area contributed by atoms with Gasteiger partial charge in [0.2, 0.25) is 5.95 Å². The van der Waals surface area contributed by atoms with Gasteiger partial charge in [0.15, 0.2) is 0 Å². The fourth-order valence-electron chi connectivity index (χ4n) is 1.40. The van der Waals surface area contributed by atoms with Crippen molar-refractivity contribution in [2.75, 3.05) is 5.32 Å². The van der Waals surface area contributed by atoms with Gasteiger partial charge in [-0.05, 0) is 36.8 Å². The summed E-state index contributed by atoms with van der Waals surface area (Å²) in [6, 6.07) is 8.17. The molecule has 5 heteroatoms. The van der Waals surface area contributed by atoms with Crippen LogP contribution in [0.2, 0.25) is 0 Å². The third-order valence-corrected chi connectivity index (χ3v) is 2.39. The minimum absolute atomic E-state index is 0.0842. The first kappa shape index (κ1) is 12.2. The summed E-state index contributed by atoms with van der Waals surface area (Å²) in [5.41, 5.74) is 0.611. The molecule has 3 nitrogen and oxygen atoms in total. The van der Waals surface area contributed by atoms with E-state index < -0.39 is 17.7 Å². The minimum Gasteiger partial charge on any atom is -0.306 e. The Hall–Kier alpha value is -2.30. The lowest BCUT2D eigenvalue weighted by Gasteiger charge is -2.05. The second-order valence-corrected chi connectivity index (χ2v) is 3.76. The highest BCUT2D eigenvalue weighted by Crippen LogP contribution is 2.11. The van der Waals surface area contributed by atoms with Crippen molar-refractivity contribution in [1.29, 1.82) is 0 Å². The molecule has 0 radical (unpaired) electrons. The van der Waals surface area contributed by atoms with Crippen LogP contribution in [0, 0.1) is 18.7 Å². The van der Waals surface area contributed by atoms with Gasteiger partial charge < -0.3 is 5.32 Å². The molecule has 0 aliphatic heterocycles. The molecule has 1 heterocycles. The van der Waals surface area contributed by atoms with Crippen LogP contribution in [0.5, 0.6) is 0 Å². The Kier molecular flexibility index (Phi) is 3.32. The molecule has 18 heavy (non-hydrogen) atoms. The van der Waals surface area contributed by atoms with E-state index in [9.17, 15) is 13.6 Å². The largest absolute Gasteiger partial charge is 0.306 e. The Morgan fingerprint density at radius 1 is 1.22 bits per heavy atom. The second kappa shape index (κ2) is 4.91. The average Bonchev–Trinajstić information content (AvgIpc) is 2.32. The summed E-state index contributed by atoms with van der Waals surface area (Å²) in [4.78, 5) is 15.2. The Bertz CT molecular complexity index is 599. The van der Waals surface area contributed by atoms with Gasteiger partial charge in [0.05, 0.1) is 0 Å². The van der Waals surface area contributed by atoms with Crippen LogP contribution in [0.3, 0.4) is 0 Å². The van der Waals surface area contributed by atoms with Crippen LogP contribution in [0.25, 0.3) is 0 Å². The number of pyridine rings is 1. The maximum atomic E-state index is 13.3. The van der Waals surface area contributed by atoms with E-state index in [1.807, 2.05) is 0 Å². The number of aryl methyl sites for hydroxylation is 1. The van der Waals surface area contributed by atoms with Crippen LogP contribution in [-0.2, 0) is 0 Å². The van der Waals surface area contributed by atoms with Gasteiger partial charge in [-0.2, -0.15) is 4.39 Å². The summed E-state index contributed by atoms with van der Waals surface area (Å²) in [5.74, 6) is -1.61. The molecule has 0 spiro atoms. The van der Waals surface area contributed by atoms with Crippen LogP contribution in [0.15, 0.2) is 36.4 Å². The molecule has 0 atom stereocenters. The minimum atomic E-state index is -0.692. The summed E-state index contributed by atoms with van der Waals surface area (Å²) in [5, 5.41) is 2.39. The van der Waals surface area contributed by atoms with E-state index in [1.54, 1.807) is 6.92 Å². The van der Waals surface area contributed by atoms with Gasteiger partial charge in [-0.1, -0.05) is 12.1 Å². The normalized spacial score (nSPS) is 10.2. The summed E-state index contributed by atoms with van der Waals surface area (Å²) < 4.78 is 26.1. The highest BCUT2D eigenvalue weighted by Gasteiger charge is 2.09. The number of carbonyl (C=O) groups excluding carboxylic acids is 1. The van der Waals surface area contributed by atoms with Crippen molar-refractivity contribution in [2.45, 2.75) is 6.92 Å². The fraction of sp³-hybridized carbons (Fsp3) is 0.0769. The smallest absolute Gasteiger partial charge is 0.256 e. The standard InChI is InChI=1S/C13H10F2N2O/c1-8-5-6-9(7-10(8)14)13(18)17-12-4-2-3-11(15)16-12/h2-7H,1H3,(H,16,17,18). The summed E-state index contributed by atoms with van der Waals surface area (Å²) in [7, 11) is 0. The van der Waals surface area contributed by atoms with E-state index in [1.165, 1.54) is 30.3 Å². The molecule has 0 saturated heterocycles. The molecule has 1 aromatic carbocycles. The van der Waals surface area contributed by atoms with Crippen molar-refractivity contribution in [3.8, 4) is 0 Å². The molecule has 0 bridgehead atoms. The lowest BCUT2D eigenvalue weighted by molar-refractivity contribution is 0.102. The monoisotopic (exact) mass is 248 g/mol. The highest BCUT2D eigenvalue weighted by molar-refractivity contribution is 6.03. The molecule has 2 aromatic rings. The third-order valence-electron chi connectivity index (χ3n) is 2.39. The van der Waals surface area contributed by atoms with Gasteiger partial charge in [0.1, 0.15) is 11.6 Å². The first-order valence-corrected chi connectivity index (χ1v) is 5.26. The van der Waals surface area contributed by atoms with Crippen LogP contribution < -0.4 is 5.32 Å². The van der Waals surface area contributed by atoms with Crippen molar-refractivity contribution < 1.29 is 13.6 Å². The number of nitrogens with zero attached hydrogens (tertiary/aromatic N) is 1. The molecule has 1 amide bonds. The van der Waals surface area contributed by atoms with E-state index in [0.29, 0.717) is 5.56 Å². The zero-order valence-corrected chi connectivity index (χ0v) is 9.58. The molecule has 1 N–H and O–H groups in total. The van der Waals surface area contributed by atoms with Crippen molar-refractivity contribution in [3.63, 3.8) is 0 Å². The second-order valence-electron chi connectivity index (χ2n) is 3.76. The van der Waals surface area contributed by atoms with Gasteiger partial charge in [-0.3, -0.25) is 4.79 Å². The topological polar surface area (TPSA) is 42.0 Å². The average molecular weight is 248 g/mol. The Labute approximate surface area is 102 Å². The van der Waals surface area contributed by atoms with Gasteiger partial charge in [-0.25, -0.2) is 9.37 Å². The summed E-state index contributed by atoms with van der Waals surface area (Å²) >= 11 is 0. The van der Waals surface area contributed by atoms with E-state index >= 15 is 0 Å². The number of rotatable bonds is 2. The molecule has 0 aliphatic rings. The van der Waals surface area contributed by atoms with Gasteiger partial charge in [-0.15, -0.1) is 0 Å². The lowest BCUT2D eigenvalue weighted by Crippen LogP contribution is -2.13. The van der Waals surface area contributed by atoms with Crippen molar-refractivity contribution in [3.05, 3.63) is 59.3 Å². The number of hydrogen-bond acceptors (Lipinski definition) is 2. The maximum Gasteiger partial charge on any atom is 0.256 e. The van der Waals surface area contributed by atoms with Gasteiger partial charge in [0, 0.05) is 5.56 Å². The van der Waals surface area contributed by atoms with Gasteiger partial charge in [0.25, 0.3) is 5.91 Å². The van der Waals surface area contributed by atoms with Crippen LogP contribution in [-0.4, -0.2) is 10.9 Å². The maximum absolute atomic E-state index is 13.3. The predicted octanol–water partition coefficient (Wildman–Crippen LogP) is 2.92. The molecule has 0 fully saturated rings. The van der Waals surface area contributed by atoms with E-state index in [2.05, 4.69) is 10.3 Å². The van der Waals surface area contributed by atoms with Crippen molar-refractivity contribution in [1.82, 2.24) is 4.98 Å². The molecular weight excluding hydrogens is 238 g/mol. The van der Waals surface area contributed by atoms with E-state index in [-0.39, 0.29) is 11.4 Å². The quantitative estimate of drug-likeness (QED) is 0.830. The number of nitrogens with one attached hydrogen (secondary N) is 1.